The Bertz CT molecular complexity index is 1950. The van der Waals surface area contributed by atoms with Gasteiger partial charge in [-0.15, -0.1) is 0 Å². The normalized spacial score (nSPS) is 12.4. The fraction of sp³-hybridized carbons (Fsp3) is 0. The van der Waals surface area contributed by atoms with Gasteiger partial charge in [-0.2, -0.15) is 0 Å². The van der Waals surface area contributed by atoms with Crippen LogP contribution in [0.15, 0.2) is 127 Å². The molecule has 0 saturated heterocycles. The maximum atomic E-state index is 5.20. The van der Waals surface area contributed by atoms with Crippen LogP contribution in [0.3, 0.4) is 0 Å². The average molecular weight is 460 g/mol. The molecule has 0 N–H and O–H groups in total. The molecule has 0 aliphatic carbocycles. The fourth-order valence-corrected chi connectivity index (χ4v) is 5.69. The molecule has 0 spiro atoms. The van der Waals surface area contributed by atoms with E-state index in [-0.39, 0.29) is 0 Å². The molecule has 0 saturated carbocycles. The van der Waals surface area contributed by atoms with Crippen LogP contribution in [0.5, 0.6) is 0 Å². The van der Waals surface area contributed by atoms with Crippen molar-refractivity contribution >= 4 is 49.6 Å². The predicted octanol–water partition coefficient (Wildman–Crippen LogP) is 8.78. The lowest BCUT2D eigenvalue weighted by molar-refractivity contribution is 1.06. The lowest BCUT2D eigenvalue weighted by Gasteiger charge is -2.32. The molecule has 2 heterocycles. The van der Waals surface area contributed by atoms with E-state index in [0.29, 0.717) is 0 Å². The first-order chi connectivity index (χ1) is 17.9. The highest BCUT2D eigenvalue weighted by Gasteiger charge is 2.29. The van der Waals surface area contributed by atoms with E-state index in [1.807, 2.05) is 0 Å². The van der Waals surface area contributed by atoms with E-state index in [1.165, 1.54) is 21.5 Å². The molecule has 8 rings (SSSR count). The molecule has 1 aliphatic heterocycles. The molecule has 0 amide bonds. The van der Waals surface area contributed by atoms with Gasteiger partial charge in [-0.1, -0.05) is 84.9 Å². The summed E-state index contributed by atoms with van der Waals surface area (Å²) in [6, 6.07) is 45.3. The summed E-state index contributed by atoms with van der Waals surface area (Å²) in [6.45, 7) is 0. The molecule has 0 unspecified atom stereocenters. The third-order valence-electron chi connectivity index (χ3n) is 7.28. The third-order valence-corrected chi connectivity index (χ3v) is 7.28. The Morgan fingerprint density at radius 3 is 2.08 bits per heavy atom. The van der Waals surface area contributed by atoms with Gasteiger partial charge in [0, 0.05) is 11.3 Å². The van der Waals surface area contributed by atoms with Gasteiger partial charge in [-0.05, 0) is 64.0 Å². The van der Waals surface area contributed by atoms with Crippen molar-refractivity contribution in [1.82, 2.24) is 9.55 Å². The van der Waals surface area contributed by atoms with E-state index >= 15 is 0 Å². The van der Waals surface area contributed by atoms with Crippen molar-refractivity contribution in [3.8, 4) is 17.1 Å². The van der Waals surface area contributed by atoms with Crippen molar-refractivity contribution in [2.45, 2.75) is 0 Å². The van der Waals surface area contributed by atoms with Crippen molar-refractivity contribution in [2.24, 2.45) is 0 Å². The number of hydrogen-bond acceptors (Lipinski definition) is 2. The molecule has 0 bridgehead atoms. The van der Waals surface area contributed by atoms with Crippen LogP contribution in [0, 0.1) is 0 Å². The molecule has 0 fully saturated rings. The van der Waals surface area contributed by atoms with Crippen molar-refractivity contribution in [3.63, 3.8) is 0 Å². The predicted molar refractivity (Wildman–Crippen MR) is 150 cm³/mol. The molecule has 7 aromatic rings. The molecule has 168 valence electrons. The van der Waals surface area contributed by atoms with E-state index in [1.54, 1.807) is 0 Å². The highest BCUT2D eigenvalue weighted by molar-refractivity contribution is 6.09. The monoisotopic (exact) mass is 459 g/mol. The van der Waals surface area contributed by atoms with Crippen molar-refractivity contribution in [2.75, 3.05) is 4.90 Å². The second-order valence-corrected chi connectivity index (χ2v) is 9.30. The lowest BCUT2D eigenvalue weighted by Crippen LogP contribution is -2.18. The van der Waals surface area contributed by atoms with Crippen molar-refractivity contribution in [1.29, 1.82) is 0 Å². The van der Waals surface area contributed by atoms with Crippen molar-refractivity contribution < 1.29 is 0 Å². The SMILES string of the molecule is c1ccc(N2c3ccccc3-n3c(-c4ccc5ccc6ccccc6c5c4)nc4cccc2c43)cc1. The summed E-state index contributed by atoms with van der Waals surface area (Å²) in [6.07, 6.45) is 0. The van der Waals surface area contributed by atoms with Crippen LogP contribution in [-0.4, -0.2) is 9.55 Å². The summed E-state index contributed by atoms with van der Waals surface area (Å²) in [5.74, 6) is 0.965. The number of aromatic nitrogens is 2. The van der Waals surface area contributed by atoms with Gasteiger partial charge in [0.15, 0.2) is 0 Å². The number of para-hydroxylation sites is 4. The first-order valence-electron chi connectivity index (χ1n) is 12.2. The summed E-state index contributed by atoms with van der Waals surface area (Å²) in [5.41, 5.74) is 7.81. The minimum absolute atomic E-state index is 0.965. The van der Waals surface area contributed by atoms with E-state index in [9.17, 15) is 0 Å². The number of hydrogen-bond donors (Lipinski definition) is 0. The van der Waals surface area contributed by atoms with Crippen LogP contribution in [-0.2, 0) is 0 Å². The largest absolute Gasteiger partial charge is 0.306 e. The summed E-state index contributed by atoms with van der Waals surface area (Å²) in [4.78, 5) is 7.55. The summed E-state index contributed by atoms with van der Waals surface area (Å²) < 4.78 is 2.34. The van der Waals surface area contributed by atoms with Gasteiger partial charge in [0.05, 0.1) is 28.1 Å². The summed E-state index contributed by atoms with van der Waals surface area (Å²) in [7, 11) is 0. The van der Waals surface area contributed by atoms with Crippen LogP contribution >= 0.6 is 0 Å². The first kappa shape index (κ1) is 19.4. The lowest BCUT2D eigenvalue weighted by atomic mass is 9.99. The molecule has 1 aliphatic rings. The topological polar surface area (TPSA) is 21.1 Å². The maximum absolute atomic E-state index is 5.20. The Morgan fingerprint density at radius 2 is 1.19 bits per heavy atom. The van der Waals surface area contributed by atoms with Gasteiger partial charge < -0.3 is 4.90 Å². The Morgan fingerprint density at radius 1 is 0.500 bits per heavy atom. The van der Waals surface area contributed by atoms with Crippen LogP contribution in [0.1, 0.15) is 0 Å². The smallest absolute Gasteiger partial charge is 0.145 e. The van der Waals surface area contributed by atoms with Gasteiger partial charge in [0.1, 0.15) is 5.82 Å². The summed E-state index contributed by atoms with van der Waals surface area (Å²) in [5, 5.41) is 5.01. The second kappa shape index (κ2) is 7.30. The molecule has 3 nitrogen and oxygen atoms in total. The Balaban J connectivity index is 1.45. The minimum Gasteiger partial charge on any atom is -0.306 e. The van der Waals surface area contributed by atoms with E-state index in [0.717, 1.165) is 45.2 Å². The number of rotatable bonds is 2. The van der Waals surface area contributed by atoms with E-state index in [2.05, 4.69) is 137 Å². The van der Waals surface area contributed by atoms with Crippen LogP contribution in [0.4, 0.5) is 17.1 Å². The molecule has 36 heavy (non-hydrogen) atoms. The van der Waals surface area contributed by atoms with Gasteiger partial charge in [0.2, 0.25) is 0 Å². The van der Waals surface area contributed by atoms with E-state index < -0.39 is 0 Å². The standard InChI is InChI=1S/C33H21N3/c1-2-10-25(11-3-1)35-29-14-6-7-15-30(29)36-32-28(13-8-16-31(32)35)34-33(36)24-20-19-23-18-17-22-9-4-5-12-26(22)27(23)21-24/h1-21H. The summed E-state index contributed by atoms with van der Waals surface area (Å²) >= 11 is 0. The minimum atomic E-state index is 0.965. The second-order valence-electron chi connectivity index (χ2n) is 9.30. The Labute approximate surface area is 208 Å². The molecule has 0 radical (unpaired) electrons. The number of benzene rings is 6. The molecular formula is C33H21N3. The maximum Gasteiger partial charge on any atom is 0.145 e. The fourth-order valence-electron chi connectivity index (χ4n) is 5.69. The van der Waals surface area contributed by atoms with Crippen LogP contribution in [0.25, 0.3) is 49.7 Å². The van der Waals surface area contributed by atoms with Gasteiger partial charge in [-0.25, -0.2) is 4.98 Å². The first-order valence-corrected chi connectivity index (χ1v) is 12.2. The zero-order chi connectivity index (χ0) is 23.6. The molecule has 6 aromatic carbocycles. The number of anilines is 3. The van der Waals surface area contributed by atoms with Gasteiger partial charge >= 0.3 is 0 Å². The van der Waals surface area contributed by atoms with Gasteiger partial charge in [-0.3, -0.25) is 4.57 Å². The number of nitrogens with zero attached hydrogens (tertiary/aromatic N) is 3. The van der Waals surface area contributed by atoms with Crippen molar-refractivity contribution in [3.05, 3.63) is 127 Å². The van der Waals surface area contributed by atoms with Crippen LogP contribution in [0.2, 0.25) is 0 Å². The van der Waals surface area contributed by atoms with Crippen LogP contribution < -0.4 is 4.90 Å². The highest BCUT2D eigenvalue weighted by Crippen LogP contribution is 2.48. The molecule has 0 atom stereocenters. The zero-order valence-electron chi connectivity index (χ0n) is 19.5. The quantitative estimate of drug-likeness (QED) is 0.241. The molecular weight excluding hydrogens is 438 g/mol. The highest BCUT2D eigenvalue weighted by atomic mass is 15.2. The van der Waals surface area contributed by atoms with Gasteiger partial charge in [0.25, 0.3) is 0 Å². The average Bonchev–Trinajstić information content (AvgIpc) is 3.34. The molecule has 1 aromatic heterocycles. The number of fused-ring (bicyclic) bond motifs is 5. The Kier molecular flexibility index (Phi) is 3.94. The third kappa shape index (κ3) is 2.65. The number of imidazole rings is 1. The Hall–Kier alpha value is -4.89. The zero-order valence-corrected chi connectivity index (χ0v) is 19.5. The molecule has 3 heteroatoms. The van der Waals surface area contributed by atoms with E-state index in [4.69, 9.17) is 4.98 Å².